The van der Waals surface area contributed by atoms with Crippen LogP contribution in [0.1, 0.15) is 44.6 Å². The molecule has 0 fully saturated rings. The molecule has 0 saturated carbocycles. The van der Waals surface area contributed by atoms with E-state index in [9.17, 15) is 9.59 Å². The topological polar surface area (TPSA) is 132 Å². The molecule has 2 aromatic rings. The molecule has 1 aromatic heterocycles. The number of methoxy groups -OCH3 is 1. The van der Waals surface area contributed by atoms with E-state index < -0.39 is 0 Å². The fourth-order valence-electron chi connectivity index (χ4n) is 2.82. The third kappa shape index (κ3) is 3.86. The smallest absolute Gasteiger partial charge is 0.337 e. The number of ether oxygens (including phenoxy) is 1. The van der Waals surface area contributed by atoms with Gasteiger partial charge in [0.2, 0.25) is 0 Å². The lowest BCUT2D eigenvalue weighted by atomic mass is 10.0. The van der Waals surface area contributed by atoms with Gasteiger partial charge in [0.1, 0.15) is 17.9 Å². The van der Waals surface area contributed by atoms with E-state index in [2.05, 4.69) is 25.8 Å². The number of carbonyl (C=O) groups excluding carboxylic acids is 2. The average Bonchev–Trinajstić information content (AvgIpc) is 2.70. The summed E-state index contributed by atoms with van der Waals surface area (Å²) >= 11 is 0. The molecule has 2 heterocycles. The van der Waals surface area contributed by atoms with Crippen LogP contribution in [0, 0.1) is 0 Å². The minimum atomic E-state index is -0.390. The van der Waals surface area contributed by atoms with E-state index in [-0.39, 0.29) is 17.6 Å². The molecular weight excluding hydrogens is 348 g/mol. The summed E-state index contributed by atoms with van der Waals surface area (Å²) in [6.07, 6.45) is 2.41. The van der Waals surface area contributed by atoms with Crippen molar-refractivity contribution in [3.05, 3.63) is 52.6 Å². The Labute approximate surface area is 156 Å². The summed E-state index contributed by atoms with van der Waals surface area (Å²) in [5.74, 6) is -0.347. The van der Waals surface area contributed by atoms with Gasteiger partial charge in [-0.1, -0.05) is 13.0 Å². The Morgan fingerprint density at radius 3 is 2.85 bits per heavy atom. The highest BCUT2D eigenvalue weighted by Gasteiger charge is 2.21. The third-order valence-electron chi connectivity index (χ3n) is 4.25. The lowest BCUT2D eigenvalue weighted by molar-refractivity contribution is 0.0600. The number of aryl methyl sites for hydroxylation is 1. The van der Waals surface area contributed by atoms with Crippen molar-refractivity contribution in [2.24, 2.45) is 10.8 Å². The van der Waals surface area contributed by atoms with Gasteiger partial charge in [-0.05, 0) is 29.7 Å². The van der Waals surface area contributed by atoms with Crippen LogP contribution < -0.4 is 16.5 Å². The molecule has 0 aliphatic carbocycles. The maximum absolute atomic E-state index is 12.6. The first-order valence-corrected chi connectivity index (χ1v) is 8.43. The predicted molar refractivity (Wildman–Crippen MR) is 99.3 cm³/mol. The van der Waals surface area contributed by atoms with Crippen molar-refractivity contribution in [3.8, 4) is 0 Å². The van der Waals surface area contributed by atoms with Gasteiger partial charge in [-0.25, -0.2) is 14.8 Å². The Kier molecular flexibility index (Phi) is 5.30. The van der Waals surface area contributed by atoms with Crippen LogP contribution in [0.25, 0.3) is 0 Å². The standard InChI is InChI=1S/C18H20N6O3/c1-3-10-6-11(18(26)27-2)4-5-12(10)8-20-17(25)16-15-13(21-9-22-16)7-14(19)23-24-15/h4-6,9,24H,3,7-8H2,1-2H3,(H2,19,23)(H,20,25). The van der Waals surface area contributed by atoms with Crippen molar-refractivity contribution in [2.45, 2.75) is 26.3 Å². The summed E-state index contributed by atoms with van der Waals surface area (Å²) in [7, 11) is 1.34. The van der Waals surface area contributed by atoms with Crippen molar-refractivity contribution in [1.29, 1.82) is 0 Å². The first kappa shape index (κ1) is 18.3. The quantitative estimate of drug-likeness (QED) is 0.671. The van der Waals surface area contributed by atoms with Crippen molar-refractivity contribution < 1.29 is 14.3 Å². The van der Waals surface area contributed by atoms with Gasteiger partial charge in [-0.15, -0.1) is 0 Å². The Hall–Kier alpha value is -3.49. The van der Waals surface area contributed by atoms with Crippen LogP contribution in [0.5, 0.6) is 0 Å². The molecule has 9 heteroatoms. The average molecular weight is 368 g/mol. The number of rotatable bonds is 5. The summed E-state index contributed by atoms with van der Waals surface area (Å²) in [5.41, 5.74) is 12.1. The molecule has 0 unspecified atom stereocenters. The zero-order chi connectivity index (χ0) is 19.4. The van der Waals surface area contributed by atoms with Gasteiger partial charge in [-0.2, -0.15) is 5.10 Å². The van der Waals surface area contributed by atoms with Gasteiger partial charge >= 0.3 is 5.97 Å². The minimum Gasteiger partial charge on any atom is -0.465 e. The second kappa shape index (κ2) is 7.81. The molecule has 0 radical (unpaired) electrons. The molecule has 0 spiro atoms. The van der Waals surface area contributed by atoms with Crippen LogP contribution in [0.3, 0.4) is 0 Å². The van der Waals surface area contributed by atoms with Crippen molar-refractivity contribution >= 4 is 23.4 Å². The van der Waals surface area contributed by atoms with Crippen LogP contribution >= 0.6 is 0 Å². The fourth-order valence-corrected chi connectivity index (χ4v) is 2.82. The minimum absolute atomic E-state index is 0.209. The molecule has 0 saturated heterocycles. The molecule has 0 atom stereocenters. The lowest BCUT2D eigenvalue weighted by Gasteiger charge is -2.16. The largest absolute Gasteiger partial charge is 0.465 e. The van der Waals surface area contributed by atoms with Gasteiger partial charge in [0.15, 0.2) is 5.69 Å². The van der Waals surface area contributed by atoms with Crippen LogP contribution in [-0.2, 0) is 24.1 Å². The number of hydrogen-bond acceptors (Lipinski definition) is 8. The molecule has 4 N–H and O–H groups in total. The van der Waals surface area contributed by atoms with Crippen LogP contribution in [0.2, 0.25) is 0 Å². The maximum atomic E-state index is 12.6. The summed E-state index contributed by atoms with van der Waals surface area (Å²) < 4.78 is 4.74. The van der Waals surface area contributed by atoms with Crippen LogP contribution in [0.15, 0.2) is 29.6 Å². The Morgan fingerprint density at radius 2 is 2.11 bits per heavy atom. The SMILES string of the molecule is CCc1cc(C(=O)OC)ccc1CNC(=O)c1ncnc2c1NN=C(N)C2. The normalized spacial score (nSPS) is 12.4. The summed E-state index contributed by atoms with van der Waals surface area (Å²) in [5, 5.41) is 6.78. The number of benzene rings is 1. The van der Waals surface area contributed by atoms with Gasteiger partial charge in [0.25, 0.3) is 5.91 Å². The molecule has 27 heavy (non-hydrogen) atoms. The zero-order valence-electron chi connectivity index (χ0n) is 15.1. The van der Waals surface area contributed by atoms with E-state index in [1.54, 1.807) is 12.1 Å². The number of esters is 1. The van der Waals surface area contributed by atoms with E-state index >= 15 is 0 Å². The zero-order valence-corrected chi connectivity index (χ0v) is 15.1. The van der Waals surface area contributed by atoms with E-state index in [1.165, 1.54) is 13.4 Å². The molecule has 3 rings (SSSR count). The number of carbonyl (C=O) groups is 2. The Morgan fingerprint density at radius 1 is 1.30 bits per heavy atom. The highest BCUT2D eigenvalue weighted by molar-refractivity contribution is 5.99. The highest BCUT2D eigenvalue weighted by atomic mass is 16.5. The second-order valence-corrected chi connectivity index (χ2v) is 5.95. The predicted octanol–water partition coefficient (Wildman–Crippen LogP) is 0.996. The Balaban J connectivity index is 1.76. The summed E-state index contributed by atoms with van der Waals surface area (Å²) in [6, 6.07) is 5.26. The molecule has 0 bridgehead atoms. The molecule has 1 aromatic carbocycles. The number of nitrogens with one attached hydrogen (secondary N) is 2. The maximum Gasteiger partial charge on any atom is 0.337 e. The van der Waals surface area contributed by atoms with Gasteiger partial charge in [-0.3, -0.25) is 10.2 Å². The van der Waals surface area contributed by atoms with E-state index in [0.29, 0.717) is 42.2 Å². The van der Waals surface area contributed by atoms with Crippen LogP contribution in [0.4, 0.5) is 5.69 Å². The van der Waals surface area contributed by atoms with Crippen LogP contribution in [-0.4, -0.2) is 34.8 Å². The molecule has 140 valence electrons. The first-order valence-electron chi connectivity index (χ1n) is 8.43. The van der Waals surface area contributed by atoms with Crippen molar-refractivity contribution in [1.82, 2.24) is 15.3 Å². The van der Waals surface area contributed by atoms with Crippen molar-refractivity contribution in [3.63, 3.8) is 0 Å². The second-order valence-electron chi connectivity index (χ2n) is 5.95. The van der Waals surface area contributed by atoms with Gasteiger partial charge in [0.05, 0.1) is 24.8 Å². The number of fused-ring (bicyclic) bond motifs is 1. The molecule has 1 amide bonds. The molecule has 1 aliphatic rings. The van der Waals surface area contributed by atoms with E-state index in [1.807, 2.05) is 13.0 Å². The Bertz CT molecular complexity index is 925. The molecule has 1 aliphatic heterocycles. The third-order valence-corrected chi connectivity index (χ3v) is 4.25. The number of hydrogen-bond donors (Lipinski definition) is 3. The number of aromatic nitrogens is 2. The first-order chi connectivity index (χ1) is 13.0. The van der Waals surface area contributed by atoms with E-state index in [4.69, 9.17) is 10.5 Å². The monoisotopic (exact) mass is 368 g/mol. The van der Waals surface area contributed by atoms with E-state index in [0.717, 1.165) is 11.1 Å². The number of amides is 1. The number of hydrazone groups is 1. The van der Waals surface area contributed by atoms with Gasteiger partial charge in [0, 0.05) is 6.54 Å². The summed E-state index contributed by atoms with van der Waals surface area (Å²) in [6.45, 7) is 2.28. The summed E-state index contributed by atoms with van der Waals surface area (Å²) in [4.78, 5) is 32.5. The number of nitrogens with zero attached hydrogens (tertiary/aromatic N) is 3. The van der Waals surface area contributed by atoms with Gasteiger partial charge < -0.3 is 15.8 Å². The molecule has 9 nitrogen and oxygen atoms in total. The lowest BCUT2D eigenvalue weighted by Crippen LogP contribution is -2.29. The highest BCUT2D eigenvalue weighted by Crippen LogP contribution is 2.21. The number of nitrogens with two attached hydrogens (primary N) is 1. The fraction of sp³-hybridized carbons (Fsp3) is 0.278. The number of anilines is 1. The molecular formula is C18H20N6O3. The van der Waals surface area contributed by atoms with Crippen molar-refractivity contribution in [2.75, 3.05) is 12.5 Å². The number of amidine groups is 1.